The summed E-state index contributed by atoms with van der Waals surface area (Å²) in [4.78, 5) is 14.9. The fourth-order valence-corrected chi connectivity index (χ4v) is 2.34. The van der Waals surface area contributed by atoms with Gasteiger partial charge in [-0.1, -0.05) is 15.9 Å². The molecule has 0 aliphatic rings. The maximum atomic E-state index is 11.0. The molecule has 0 N–H and O–H groups in total. The van der Waals surface area contributed by atoms with Gasteiger partial charge in [0.25, 0.3) is 0 Å². The van der Waals surface area contributed by atoms with E-state index in [2.05, 4.69) is 20.9 Å². The van der Waals surface area contributed by atoms with Crippen LogP contribution in [0.1, 0.15) is 0 Å². The van der Waals surface area contributed by atoms with Gasteiger partial charge in [0.1, 0.15) is 5.52 Å². The zero-order chi connectivity index (χ0) is 15.0. The minimum atomic E-state index is -0.498. The molecular formula is C14H9BrN2O4. The maximum Gasteiger partial charge on any atom is 0.311 e. The van der Waals surface area contributed by atoms with Gasteiger partial charge in [-0.25, -0.2) is 4.98 Å². The van der Waals surface area contributed by atoms with Crippen LogP contribution in [0.15, 0.2) is 45.3 Å². The van der Waals surface area contributed by atoms with Crippen LogP contribution >= 0.6 is 15.9 Å². The molecule has 106 valence electrons. The Kier molecular flexibility index (Phi) is 3.34. The predicted octanol–water partition coefficient (Wildman–Crippen LogP) is 4.17. The number of fused-ring (bicyclic) bond motifs is 1. The van der Waals surface area contributed by atoms with Crippen LogP contribution in [0.3, 0.4) is 0 Å². The number of ether oxygens (including phenoxy) is 1. The lowest BCUT2D eigenvalue weighted by Gasteiger charge is -2.02. The topological polar surface area (TPSA) is 78.4 Å². The third-order valence-electron chi connectivity index (χ3n) is 2.97. The average molecular weight is 349 g/mol. The molecule has 1 heterocycles. The van der Waals surface area contributed by atoms with E-state index >= 15 is 0 Å². The predicted molar refractivity (Wildman–Crippen MR) is 80.4 cm³/mol. The number of benzene rings is 2. The van der Waals surface area contributed by atoms with Crippen molar-refractivity contribution in [3.8, 4) is 17.2 Å². The van der Waals surface area contributed by atoms with E-state index in [0.717, 1.165) is 4.47 Å². The quantitative estimate of drug-likeness (QED) is 0.524. The normalized spacial score (nSPS) is 10.8. The molecular weight excluding hydrogens is 340 g/mol. The number of aromatic nitrogens is 1. The van der Waals surface area contributed by atoms with Crippen molar-refractivity contribution < 1.29 is 14.1 Å². The Morgan fingerprint density at radius 1 is 1.29 bits per heavy atom. The lowest BCUT2D eigenvalue weighted by Crippen LogP contribution is -1.94. The van der Waals surface area contributed by atoms with Crippen LogP contribution < -0.4 is 4.74 Å². The van der Waals surface area contributed by atoms with Crippen LogP contribution in [0.4, 0.5) is 5.69 Å². The van der Waals surface area contributed by atoms with Gasteiger partial charge in [-0.3, -0.25) is 10.1 Å². The monoisotopic (exact) mass is 348 g/mol. The maximum absolute atomic E-state index is 11.0. The average Bonchev–Trinajstić information content (AvgIpc) is 2.89. The molecule has 3 aromatic rings. The van der Waals surface area contributed by atoms with Crippen LogP contribution in [0.5, 0.6) is 5.75 Å². The first-order valence-corrected chi connectivity index (χ1v) is 6.76. The van der Waals surface area contributed by atoms with Crippen LogP contribution in [-0.4, -0.2) is 17.0 Å². The van der Waals surface area contributed by atoms with Gasteiger partial charge < -0.3 is 9.15 Å². The Hall–Kier alpha value is -2.41. The molecule has 0 aliphatic carbocycles. The molecule has 7 heteroatoms. The van der Waals surface area contributed by atoms with Crippen molar-refractivity contribution in [2.24, 2.45) is 0 Å². The lowest BCUT2D eigenvalue weighted by atomic mass is 10.2. The van der Waals surface area contributed by atoms with Crippen LogP contribution in [0.25, 0.3) is 22.6 Å². The van der Waals surface area contributed by atoms with Gasteiger partial charge in [0.2, 0.25) is 5.89 Å². The van der Waals surface area contributed by atoms with Crippen LogP contribution in [-0.2, 0) is 0 Å². The van der Waals surface area contributed by atoms with Gasteiger partial charge in [0.05, 0.1) is 12.0 Å². The smallest absolute Gasteiger partial charge is 0.311 e. The standard InChI is InChI=1S/C14H9BrN2O4/c1-20-13-4-2-8(6-11(13)17(18)19)14-16-10-7-9(15)3-5-12(10)21-14/h2-7H,1H3. The van der Waals surface area contributed by atoms with Crippen molar-refractivity contribution in [1.82, 2.24) is 4.98 Å². The second kappa shape index (κ2) is 5.17. The number of hydrogen-bond donors (Lipinski definition) is 0. The molecule has 2 aromatic carbocycles. The summed E-state index contributed by atoms with van der Waals surface area (Å²) in [5.41, 5.74) is 1.69. The summed E-state index contributed by atoms with van der Waals surface area (Å²) in [5, 5.41) is 11.0. The van der Waals surface area contributed by atoms with E-state index in [1.807, 2.05) is 12.1 Å². The summed E-state index contributed by atoms with van der Waals surface area (Å²) in [6.07, 6.45) is 0. The van der Waals surface area contributed by atoms with Crippen molar-refractivity contribution >= 4 is 32.7 Å². The van der Waals surface area contributed by atoms with E-state index in [0.29, 0.717) is 22.6 Å². The number of nitro groups is 1. The largest absolute Gasteiger partial charge is 0.490 e. The molecule has 21 heavy (non-hydrogen) atoms. The Morgan fingerprint density at radius 2 is 2.10 bits per heavy atom. The van der Waals surface area contributed by atoms with Crippen molar-refractivity contribution in [1.29, 1.82) is 0 Å². The van der Waals surface area contributed by atoms with E-state index in [1.165, 1.54) is 19.2 Å². The van der Waals surface area contributed by atoms with Gasteiger partial charge in [-0.15, -0.1) is 0 Å². The van der Waals surface area contributed by atoms with Crippen molar-refractivity contribution in [3.63, 3.8) is 0 Å². The molecule has 0 spiro atoms. The third kappa shape index (κ3) is 2.47. The fraction of sp³-hybridized carbons (Fsp3) is 0.0714. The molecule has 3 rings (SSSR count). The molecule has 0 fully saturated rings. The summed E-state index contributed by atoms with van der Waals surface area (Å²) in [7, 11) is 1.39. The molecule has 0 aliphatic heterocycles. The molecule has 0 saturated carbocycles. The van der Waals surface area contributed by atoms with Crippen molar-refractivity contribution in [2.45, 2.75) is 0 Å². The summed E-state index contributed by atoms with van der Waals surface area (Å²) >= 11 is 3.36. The second-order valence-corrected chi connectivity index (χ2v) is 5.19. The number of nitro benzene ring substituents is 1. The molecule has 0 unspecified atom stereocenters. The fourth-order valence-electron chi connectivity index (χ4n) is 1.99. The Labute approximate surface area is 127 Å². The number of halogens is 1. The van der Waals surface area contributed by atoms with Gasteiger partial charge in [-0.05, 0) is 30.3 Å². The second-order valence-electron chi connectivity index (χ2n) is 4.27. The van der Waals surface area contributed by atoms with E-state index in [1.54, 1.807) is 12.1 Å². The molecule has 1 aromatic heterocycles. The summed E-state index contributed by atoms with van der Waals surface area (Å²) in [6.45, 7) is 0. The first-order valence-electron chi connectivity index (χ1n) is 5.97. The molecule has 0 atom stereocenters. The van der Waals surface area contributed by atoms with Gasteiger partial charge in [-0.2, -0.15) is 0 Å². The Balaban J connectivity index is 2.13. The van der Waals surface area contributed by atoms with Gasteiger partial charge >= 0.3 is 5.69 Å². The Morgan fingerprint density at radius 3 is 2.81 bits per heavy atom. The summed E-state index contributed by atoms with van der Waals surface area (Å²) < 4.78 is 11.5. The minimum absolute atomic E-state index is 0.126. The first kappa shape index (κ1) is 13.6. The highest BCUT2D eigenvalue weighted by Gasteiger charge is 2.18. The first-order chi connectivity index (χ1) is 10.1. The minimum Gasteiger partial charge on any atom is -0.490 e. The number of oxazole rings is 1. The van der Waals surface area contributed by atoms with E-state index in [4.69, 9.17) is 9.15 Å². The van der Waals surface area contributed by atoms with Gasteiger partial charge in [0, 0.05) is 16.1 Å². The SMILES string of the molecule is COc1ccc(-c2nc3cc(Br)ccc3o2)cc1[N+](=O)[O-]. The van der Waals surface area contributed by atoms with E-state index < -0.39 is 4.92 Å². The highest BCUT2D eigenvalue weighted by molar-refractivity contribution is 9.10. The van der Waals surface area contributed by atoms with Gasteiger partial charge in [0.15, 0.2) is 11.3 Å². The summed E-state index contributed by atoms with van der Waals surface area (Å²) in [6, 6.07) is 10.0. The number of rotatable bonds is 3. The molecule has 0 amide bonds. The van der Waals surface area contributed by atoms with Crippen LogP contribution in [0.2, 0.25) is 0 Å². The number of hydrogen-bond acceptors (Lipinski definition) is 5. The number of methoxy groups -OCH3 is 1. The van der Waals surface area contributed by atoms with E-state index in [9.17, 15) is 10.1 Å². The van der Waals surface area contributed by atoms with Crippen LogP contribution in [0, 0.1) is 10.1 Å². The van der Waals surface area contributed by atoms with Crippen molar-refractivity contribution in [2.75, 3.05) is 7.11 Å². The highest BCUT2D eigenvalue weighted by Crippen LogP contribution is 2.33. The third-order valence-corrected chi connectivity index (χ3v) is 3.47. The number of nitrogens with zero attached hydrogens (tertiary/aromatic N) is 2. The summed E-state index contributed by atoms with van der Waals surface area (Å²) in [5.74, 6) is 0.524. The van der Waals surface area contributed by atoms with Crippen molar-refractivity contribution in [3.05, 3.63) is 51.0 Å². The lowest BCUT2D eigenvalue weighted by molar-refractivity contribution is -0.385. The molecule has 0 radical (unpaired) electrons. The molecule has 0 saturated heterocycles. The highest BCUT2D eigenvalue weighted by atomic mass is 79.9. The van der Waals surface area contributed by atoms with E-state index in [-0.39, 0.29) is 11.4 Å². The Bertz CT molecular complexity index is 844. The zero-order valence-corrected chi connectivity index (χ0v) is 12.5. The zero-order valence-electron chi connectivity index (χ0n) is 10.9. The molecule has 0 bridgehead atoms. The molecule has 6 nitrogen and oxygen atoms in total.